The molecule has 3 nitrogen and oxygen atoms in total. The molecule has 1 saturated carbocycles. The molecule has 1 aliphatic carbocycles. The molecule has 1 aliphatic heterocycles. The molecule has 0 radical (unpaired) electrons. The maximum absolute atomic E-state index is 12.5. The Kier molecular flexibility index (Phi) is 4.54. The quantitative estimate of drug-likeness (QED) is 0.848. The van der Waals surface area contributed by atoms with Crippen LogP contribution in [0.15, 0.2) is 0 Å². The maximum Gasteiger partial charge on any atom is 0.228 e. The van der Waals surface area contributed by atoms with Crippen molar-refractivity contribution >= 4 is 5.91 Å². The lowest BCUT2D eigenvalue weighted by Gasteiger charge is -2.40. The van der Waals surface area contributed by atoms with E-state index in [0.717, 1.165) is 25.6 Å². The van der Waals surface area contributed by atoms with E-state index in [1.807, 2.05) is 20.8 Å². The zero-order valence-electron chi connectivity index (χ0n) is 13.0. The average molecular weight is 266 g/mol. The number of carbonyl (C=O) groups excluding carboxylic acids is 1. The summed E-state index contributed by atoms with van der Waals surface area (Å²) in [5.41, 5.74) is -0.253. The third-order valence-corrected chi connectivity index (χ3v) is 4.44. The van der Waals surface area contributed by atoms with Crippen LogP contribution in [-0.2, 0) is 4.79 Å². The smallest absolute Gasteiger partial charge is 0.228 e. The molecule has 2 unspecified atom stereocenters. The Bertz CT molecular complexity index is 317. The first-order valence-corrected chi connectivity index (χ1v) is 7.93. The van der Waals surface area contributed by atoms with E-state index < -0.39 is 0 Å². The molecule has 1 heterocycles. The molecule has 0 bridgehead atoms. The molecule has 0 aromatic heterocycles. The van der Waals surface area contributed by atoms with E-state index in [2.05, 4.69) is 17.1 Å². The van der Waals surface area contributed by atoms with E-state index in [9.17, 15) is 4.79 Å². The molecule has 19 heavy (non-hydrogen) atoms. The molecule has 110 valence electrons. The van der Waals surface area contributed by atoms with Gasteiger partial charge in [-0.05, 0) is 37.6 Å². The summed E-state index contributed by atoms with van der Waals surface area (Å²) < 4.78 is 0. The van der Waals surface area contributed by atoms with Crippen molar-refractivity contribution in [1.29, 1.82) is 0 Å². The lowest BCUT2D eigenvalue weighted by molar-refractivity contribution is -0.142. The fraction of sp³-hybridized carbons (Fsp3) is 0.938. The van der Waals surface area contributed by atoms with Gasteiger partial charge in [0, 0.05) is 24.5 Å². The first-order valence-electron chi connectivity index (χ1n) is 7.93. The summed E-state index contributed by atoms with van der Waals surface area (Å²) in [4.78, 5) is 14.6. The highest BCUT2D eigenvalue weighted by Gasteiger charge is 2.34. The van der Waals surface area contributed by atoms with Gasteiger partial charge in [0.25, 0.3) is 0 Å². The molecule has 2 atom stereocenters. The van der Waals surface area contributed by atoms with Gasteiger partial charge in [0.15, 0.2) is 0 Å². The van der Waals surface area contributed by atoms with E-state index >= 15 is 0 Å². The van der Waals surface area contributed by atoms with Gasteiger partial charge in [-0.15, -0.1) is 0 Å². The minimum Gasteiger partial charge on any atom is -0.340 e. The average Bonchev–Trinajstić information content (AvgIpc) is 3.18. The highest BCUT2D eigenvalue weighted by atomic mass is 16.2. The summed E-state index contributed by atoms with van der Waals surface area (Å²) in [6, 6.07) is 0.505. The molecule has 1 N–H and O–H groups in total. The molecule has 0 aromatic carbocycles. The summed E-state index contributed by atoms with van der Waals surface area (Å²) in [6.45, 7) is 11.3. The van der Waals surface area contributed by atoms with E-state index in [-0.39, 0.29) is 5.41 Å². The standard InChI is InChI=1S/C16H30N2O/c1-5-12-8-14(17-9-13-6-7-13)11-18(10-12)15(19)16(2,3)4/h12-14,17H,5-11H2,1-4H3. The monoisotopic (exact) mass is 266 g/mol. The molecule has 0 spiro atoms. The van der Waals surface area contributed by atoms with E-state index in [4.69, 9.17) is 0 Å². The number of piperidine rings is 1. The van der Waals surface area contributed by atoms with Crippen molar-refractivity contribution in [2.45, 2.75) is 59.4 Å². The molecule has 0 aromatic rings. The Morgan fingerprint density at radius 3 is 2.42 bits per heavy atom. The Hall–Kier alpha value is -0.570. The highest BCUT2D eigenvalue weighted by Crippen LogP contribution is 2.29. The Labute approximate surface area is 118 Å². The molecule has 1 saturated heterocycles. The van der Waals surface area contributed by atoms with Crippen molar-refractivity contribution in [3.8, 4) is 0 Å². The first kappa shape index (κ1) is 14.8. The second kappa shape index (κ2) is 5.82. The van der Waals surface area contributed by atoms with Crippen LogP contribution in [0.1, 0.15) is 53.4 Å². The molecular weight excluding hydrogens is 236 g/mol. The minimum atomic E-state index is -0.253. The normalized spacial score (nSPS) is 28.5. The molecular formula is C16H30N2O. The highest BCUT2D eigenvalue weighted by molar-refractivity contribution is 5.81. The third-order valence-electron chi connectivity index (χ3n) is 4.44. The van der Waals surface area contributed by atoms with Crippen molar-refractivity contribution in [3.63, 3.8) is 0 Å². The van der Waals surface area contributed by atoms with Crippen molar-refractivity contribution in [1.82, 2.24) is 10.2 Å². The van der Waals surface area contributed by atoms with Gasteiger partial charge in [0.1, 0.15) is 0 Å². The number of nitrogens with zero attached hydrogens (tertiary/aromatic N) is 1. The largest absolute Gasteiger partial charge is 0.340 e. The summed E-state index contributed by atoms with van der Waals surface area (Å²) >= 11 is 0. The number of likely N-dealkylation sites (tertiary alicyclic amines) is 1. The molecule has 3 heteroatoms. The van der Waals surface area contributed by atoms with E-state index in [0.29, 0.717) is 17.9 Å². The van der Waals surface area contributed by atoms with Crippen LogP contribution in [0.5, 0.6) is 0 Å². The van der Waals surface area contributed by atoms with Crippen LogP contribution in [0.25, 0.3) is 0 Å². The van der Waals surface area contributed by atoms with Crippen LogP contribution in [-0.4, -0.2) is 36.5 Å². The van der Waals surface area contributed by atoms with Crippen molar-refractivity contribution in [2.24, 2.45) is 17.3 Å². The first-order chi connectivity index (χ1) is 8.90. The zero-order valence-corrected chi connectivity index (χ0v) is 13.0. The number of carbonyl (C=O) groups is 1. The summed E-state index contributed by atoms with van der Waals surface area (Å²) in [5.74, 6) is 1.88. The maximum atomic E-state index is 12.5. The predicted octanol–water partition coefficient (Wildman–Crippen LogP) is 2.66. The van der Waals surface area contributed by atoms with Crippen LogP contribution >= 0.6 is 0 Å². The van der Waals surface area contributed by atoms with Crippen LogP contribution < -0.4 is 5.32 Å². The van der Waals surface area contributed by atoms with Gasteiger partial charge in [-0.2, -0.15) is 0 Å². The molecule has 2 rings (SSSR count). The minimum absolute atomic E-state index is 0.253. The van der Waals surface area contributed by atoms with E-state index in [1.165, 1.54) is 25.7 Å². The Balaban J connectivity index is 1.92. The lowest BCUT2D eigenvalue weighted by Crippen LogP contribution is -2.53. The van der Waals surface area contributed by atoms with Gasteiger partial charge in [-0.3, -0.25) is 4.79 Å². The molecule has 2 aliphatic rings. The number of hydrogen-bond donors (Lipinski definition) is 1. The van der Waals surface area contributed by atoms with Crippen LogP contribution in [0.2, 0.25) is 0 Å². The second-order valence-corrected chi connectivity index (χ2v) is 7.52. The summed E-state index contributed by atoms with van der Waals surface area (Å²) in [7, 11) is 0. The Morgan fingerprint density at radius 2 is 1.89 bits per heavy atom. The van der Waals surface area contributed by atoms with Gasteiger partial charge in [0.2, 0.25) is 5.91 Å². The second-order valence-electron chi connectivity index (χ2n) is 7.52. The van der Waals surface area contributed by atoms with Crippen LogP contribution in [0, 0.1) is 17.3 Å². The van der Waals surface area contributed by atoms with Gasteiger partial charge in [0.05, 0.1) is 0 Å². The number of rotatable bonds is 4. The van der Waals surface area contributed by atoms with Crippen LogP contribution in [0.3, 0.4) is 0 Å². The fourth-order valence-electron chi connectivity index (χ4n) is 2.94. The van der Waals surface area contributed by atoms with Crippen LogP contribution in [0.4, 0.5) is 0 Å². The number of nitrogens with one attached hydrogen (secondary N) is 1. The predicted molar refractivity (Wildman–Crippen MR) is 78.9 cm³/mol. The lowest BCUT2D eigenvalue weighted by atomic mass is 9.88. The van der Waals surface area contributed by atoms with Gasteiger partial charge in [-0.25, -0.2) is 0 Å². The number of hydrogen-bond acceptors (Lipinski definition) is 2. The van der Waals surface area contributed by atoms with E-state index in [1.54, 1.807) is 0 Å². The fourth-order valence-corrected chi connectivity index (χ4v) is 2.94. The van der Waals surface area contributed by atoms with Gasteiger partial charge >= 0.3 is 0 Å². The number of amides is 1. The third kappa shape index (κ3) is 4.20. The summed E-state index contributed by atoms with van der Waals surface area (Å²) in [6.07, 6.45) is 5.19. The van der Waals surface area contributed by atoms with Gasteiger partial charge in [-0.1, -0.05) is 34.1 Å². The summed E-state index contributed by atoms with van der Waals surface area (Å²) in [5, 5.41) is 3.69. The van der Waals surface area contributed by atoms with Crippen molar-refractivity contribution < 1.29 is 4.79 Å². The molecule has 2 fully saturated rings. The van der Waals surface area contributed by atoms with Crippen molar-refractivity contribution in [2.75, 3.05) is 19.6 Å². The zero-order chi connectivity index (χ0) is 14.0. The van der Waals surface area contributed by atoms with Gasteiger partial charge < -0.3 is 10.2 Å². The SMILES string of the molecule is CCC1CC(NCC2CC2)CN(C(=O)C(C)(C)C)C1. The van der Waals surface area contributed by atoms with Crippen molar-refractivity contribution in [3.05, 3.63) is 0 Å². The topological polar surface area (TPSA) is 32.3 Å². The Morgan fingerprint density at radius 1 is 1.21 bits per heavy atom. The molecule has 1 amide bonds.